The molecule has 17 atom stereocenters. The maximum Gasteiger partial charge on any atom is 0.326 e. The first-order valence-corrected chi connectivity index (χ1v) is 47.9. The number of esters is 1. The van der Waals surface area contributed by atoms with Crippen LogP contribution in [0.5, 0.6) is 0 Å². The van der Waals surface area contributed by atoms with E-state index in [0.29, 0.717) is 112 Å². The number of likely N-dealkylation sites (N-methyl/N-ethyl adjacent to an activating group) is 3. The van der Waals surface area contributed by atoms with E-state index in [1.54, 1.807) is 38.2 Å². The summed E-state index contributed by atoms with van der Waals surface area (Å²) in [6.45, 7) is 13.3. The molecule has 738 valence electrons. The maximum atomic E-state index is 15.6. The first kappa shape index (κ1) is 103. The summed E-state index contributed by atoms with van der Waals surface area (Å²) < 4.78 is 11.9. The van der Waals surface area contributed by atoms with Crippen molar-refractivity contribution in [2.45, 2.75) is 194 Å². The molecule has 3 fully saturated rings. The Labute approximate surface area is 791 Å². The molecule has 4 amide bonds. The van der Waals surface area contributed by atoms with Gasteiger partial charge < -0.3 is 108 Å². The van der Waals surface area contributed by atoms with Crippen molar-refractivity contribution in [2.24, 2.45) is 40.6 Å². The van der Waals surface area contributed by atoms with Crippen molar-refractivity contribution < 1.29 is 113 Å². The van der Waals surface area contributed by atoms with Crippen LogP contribution in [0.4, 0.5) is 28.8 Å². The number of hydrogen-bond acceptors (Lipinski definition) is 33. The summed E-state index contributed by atoms with van der Waals surface area (Å²) in [6, 6.07) is 11.0. The Bertz CT molecular complexity index is 5490. The van der Waals surface area contributed by atoms with E-state index in [2.05, 4.69) is 80.9 Å². The number of aromatic amines is 2. The Balaban J connectivity index is 0.651. The van der Waals surface area contributed by atoms with E-state index in [1.807, 2.05) is 67.0 Å². The lowest BCUT2D eigenvalue weighted by molar-refractivity contribution is -0.204. The van der Waals surface area contributed by atoms with Crippen LogP contribution in [0.15, 0.2) is 90.1 Å². The average molecular weight is 1930 g/mol. The van der Waals surface area contributed by atoms with Gasteiger partial charge in [-0.3, -0.25) is 93.3 Å². The first-order valence-electron chi connectivity index (χ1n) is 45.5. The van der Waals surface area contributed by atoms with Crippen LogP contribution in [0.2, 0.25) is 0 Å². The molecule has 0 radical (unpaired) electrons. The number of carboxylic acids is 5. The zero-order chi connectivity index (χ0) is 99.0. The molecule has 3 aromatic carbocycles. The van der Waals surface area contributed by atoms with Gasteiger partial charge in [0.15, 0.2) is 28.9 Å². The number of nitrogens with zero attached hydrogens (tertiary/aromatic N) is 6. The molecule has 12 rings (SSSR count). The van der Waals surface area contributed by atoms with Crippen LogP contribution in [-0.2, 0) is 84.3 Å². The number of benzene rings is 3. The number of aryl methyl sites for hydroxylation is 1. The van der Waals surface area contributed by atoms with Gasteiger partial charge in [0.25, 0.3) is 17.4 Å². The molecule has 42 nitrogen and oxygen atoms in total. The smallest absolute Gasteiger partial charge is 0.326 e. The molecule has 7 aliphatic rings. The lowest BCUT2D eigenvalue weighted by Crippen LogP contribution is -2.82. The molecule has 1 spiro atoms. The highest BCUT2D eigenvalue weighted by Gasteiger charge is 2.79. The molecule has 2 aromatic heterocycles. The van der Waals surface area contributed by atoms with Crippen LogP contribution in [0.25, 0.3) is 10.9 Å². The number of aromatic nitrogens is 3. The van der Waals surface area contributed by atoms with Crippen molar-refractivity contribution in [3.05, 3.63) is 129 Å². The van der Waals surface area contributed by atoms with E-state index in [1.165, 1.54) is 19.2 Å². The number of Topliss-reactive ketones (excluding diaryl/α,β-unsaturated/α-hetero) is 3. The van der Waals surface area contributed by atoms with E-state index < -0.39 is 222 Å². The summed E-state index contributed by atoms with van der Waals surface area (Å²) in [4.78, 5) is 210. The van der Waals surface area contributed by atoms with Gasteiger partial charge >= 0.3 is 35.8 Å². The summed E-state index contributed by atoms with van der Waals surface area (Å²) in [5, 5.41) is 103. The van der Waals surface area contributed by atoms with Crippen molar-refractivity contribution >= 4 is 138 Å². The third-order valence-corrected chi connectivity index (χ3v) is 30.6. The molecule has 23 N–H and O–H groups in total. The number of amides is 4. The number of carboxylic acid groups (broad SMARTS) is 5. The third kappa shape index (κ3) is 21.8. The van der Waals surface area contributed by atoms with Gasteiger partial charge in [0.1, 0.15) is 35.3 Å². The number of anilines is 5. The van der Waals surface area contributed by atoms with Gasteiger partial charge in [0.05, 0.1) is 80.5 Å². The molecule has 5 aromatic rings. The average Bonchev–Trinajstić information content (AvgIpc) is 1.46. The van der Waals surface area contributed by atoms with Gasteiger partial charge in [-0.2, -0.15) is 4.98 Å². The van der Waals surface area contributed by atoms with Crippen LogP contribution in [0.3, 0.4) is 0 Å². The number of aliphatic carboxylic acids is 5. The maximum absolute atomic E-state index is 15.6. The summed E-state index contributed by atoms with van der Waals surface area (Å²) in [7, 11) is 8.78. The molecular formula is C92H124N18O24S2. The number of ketones is 3. The van der Waals surface area contributed by atoms with Crippen LogP contribution in [-0.4, -0.2) is 301 Å². The largest absolute Gasteiger partial charge is 0.481 e. The van der Waals surface area contributed by atoms with Crippen LogP contribution in [0, 0.1) is 36.0 Å². The second-order valence-electron chi connectivity index (χ2n) is 36.9. The van der Waals surface area contributed by atoms with E-state index >= 15 is 9.59 Å². The highest BCUT2D eigenvalue weighted by molar-refractivity contribution is 8.76. The predicted octanol–water partition coefficient (Wildman–Crippen LogP) is 1.51. The minimum absolute atomic E-state index is 0.00389. The molecule has 8 heterocycles. The Morgan fingerprint density at radius 2 is 1.43 bits per heavy atom. The fourth-order valence-electron chi connectivity index (χ4n) is 21.7. The molecule has 6 aliphatic heterocycles. The summed E-state index contributed by atoms with van der Waals surface area (Å²) in [5.74, 6) is -21.1. The Kier molecular flexibility index (Phi) is 32.9. The van der Waals surface area contributed by atoms with Crippen LogP contribution >= 0.6 is 21.6 Å². The number of nitrogens with one attached hydrogen (secondary N) is 9. The molecule has 1 aliphatic carbocycles. The fourth-order valence-corrected chi connectivity index (χ4v) is 23.8. The topological polar surface area (TPSA) is 642 Å². The lowest BCUT2D eigenvalue weighted by atomic mass is 9.47. The molecule has 44 heteroatoms. The van der Waals surface area contributed by atoms with E-state index in [4.69, 9.17) is 26.7 Å². The van der Waals surface area contributed by atoms with Gasteiger partial charge in [-0.1, -0.05) is 71.9 Å². The van der Waals surface area contributed by atoms with E-state index in [9.17, 15) is 98.4 Å². The Morgan fingerprint density at radius 1 is 0.757 bits per heavy atom. The number of fused-ring (bicyclic) bond motifs is 7. The lowest BCUT2D eigenvalue weighted by Gasteiger charge is -2.63. The van der Waals surface area contributed by atoms with E-state index in [-0.39, 0.29) is 73.3 Å². The van der Waals surface area contributed by atoms with Gasteiger partial charge in [-0.15, -0.1) is 0 Å². The number of piperidine rings is 1. The number of nitrogen functional groups attached to an aromatic ring is 1. The number of H-pyrrole nitrogens is 2. The number of rotatable bonds is 47. The zero-order valence-corrected chi connectivity index (χ0v) is 78.6. The number of hydrazine groups is 1. The number of aliphatic hydroxyl groups is 3. The van der Waals surface area contributed by atoms with Gasteiger partial charge in [-0.25, -0.2) is 4.79 Å². The number of nitrogens with two attached hydrogens (primary N) is 3. The molecule has 1 saturated carbocycles. The minimum atomic E-state index is -2.59. The number of methoxy groups -OCH3 is 1. The molecule has 136 heavy (non-hydrogen) atoms. The van der Waals surface area contributed by atoms with Gasteiger partial charge in [-0.05, 0) is 149 Å². The second kappa shape index (κ2) is 43.3. The first-order chi connectivity index (χ1) is 64.5. The Hall–Kier alpha value is -11.8. The van der Waals surface area contributed by atoms with Crippen LogP contribution in [0.1, 0.15) is 148 Å². The van der Waals surface area contributed by atoms with Crippen molar-refractivity contribution in [1.82, 2.24) is 56.9 Å². The monoisotopic (exact) mass is 1930 g/mol. The number of carbonyl (C=O) groups is 13. The summed E-state index contributed by atoms with van der Waals surface area (Å²) in [6.07, 6.45) is -3.81. The van der Waals surface area contributed by atoms with Gasteiger partial charge in [0.2, 0.25) is 17.8 Å². The number of para-hydroxylation sites is 1. The standard InChI is InChI=1S/C92H124N18O24S2/c1-9-88(131)41-50-42-91(85(130)133-8,73-59(24-29-109(44-50)47-88)58-15-11-12-16-62(58)98-73)60-39-61-66(33-48(60)3)108(7)82-90(61)26-30-110-28-14-25-89(10-2,81(90)110)83(128)92(82,132)84(129)105-104-49(4)134-31-32-135-136-46-54(79(124)125)36-68(113)65(40-71(118)119)101-77(122)53(38-70(116)117)35-67(112)63(17-13-27-96-86(93)94)99-76(121)52(37-69(114)115)34-57(111)22-23-64(80(126)127)100-75(120)51-18-20-55(21-19-51)106(5)45-56-43-97-74-72(107(56)6)78(123)103-87(95)102-74/h11-12,14-16,18-21,25,33,39,50,52-54,56,63-65,81-83,86,96,98,104,128,131-132H,4,9-10,13,17,22-24,26-32,34-38,40-47,93-94H2,1-3,5-8H3,(H,99,121)(H,100,120)(H,101,122)(H,105,129)(H,114,115)(H,116,117)(H,118,119)(H,124,125)(H,126,127)(H4,95,97,102,103,123)/t50?,52-,53-,54-,56?,63-,64-,65-,81+,82-,83-,88?,89-,90-,91+,92+/m0/s1. The van der Waals surface area contributed by atoms with Gasteiger partial charge in [0, 0.05) is 148 Å². The Morgan fingerprint density at radius 3 is 2.10 bits per heavy atom. The second-order valence-corrected chi connectivity index (χ2v) is 39.5. The highest BCUT2D eigenvalue weighted by atomic mass is 33.1. The fraction of sp³-hybridized carbons (Fsp3) is 0.554. The zero-order valence-electron chi connectivity index (χ0n) is 77.0. The van der Waals surface area contributed by atoms with Crippen molar-refractivity contribution in [2.75, 3.05) is 124 Å². The molecule has 2 saturated heterocycles. The predicted molar refractivity (Wildman–Crippen MR) is 503 cm³/mol. The number of carbonyl (C=O) groups excluding carboxylic acids is 8. The molecule has 2 bridgehead atoms. The quantitative estimate of drug-likeness (QED) is 0.00499. The van der Waals surface area contributed by atoms with Crippen molar-refractivity contribution in [3.63, 3.8) is 0 Å². The van der Waals surface area contributed by atoms with Crippen molar-refractivity contribution in [1.29, 1.82) is 0 Å². The molecule has 4 unspecified atom stereocenters. The third-order valence-electron chi connectivity index (χ3n) is 28.2. The van der Waals surface area contributed by atoms with E-state index in [0.717, 1.165) is 49.2 Å². The summed E-state index contributed by atoms with van der Waals surface area (Å²) in [5.41, 5.74) is 20.9. The highest BCUT2D eigenvalue weighted by Crippen LogP contribution is 2.67. The number of ether oxygens (including phenoxy) is 2. The normalized spacial score (nSPS) is 24.8. The molecular weight excluding hydrogens is 1810 g/mol. The van der Waals surface area contributed by atoms with Crippen LogP contribution < -0.4 is 74.9 Å². The SMILES string of the molecule is C=C(NNC(=O)[C@@]1(O)[C@H]2N(C)c3cc(C)c([C@]4(C(=O)OC)CC5CN(CCc6c4[nH]c4ccccc64)CC(O)(CC)C5)cc3[C@]23CCN2CC=C[C@@](CC)([C@@H]23)[C@@H]1O)OCCSSC[C@H](CC(=O)[C@H](CC(=O)O)NC(=O)[C@H](CC(=O)O)CC(=O)[C@H](CCCNC(N)N)NC(=O)[C@H](CC(=O)O)CC(=O)CC[C@H](NC(=O)c1ccc(N(C)CC2CNc3nc(N)[nH]c(=O)c3N2C)cc1)C(=O)O)C(=O)O. The minimum Gasteiger partial charge on any atom is -0.481 e. The van der Waals surface area contributed by atoms with Crippen molar-refractivity contribution in [3.8, 4) is 0 Å². The number of aliphatic hydroxyl groups excluding tert-OH is 1. The number of hydrogen-bond donors (Lipinski definition) is 20. The summed E-state index contributed by atoms with van der Waals surface area (Å²) >= 11 is 0.